The lowest BCUT2D eigenvalue weighted by molar-refractivity contribution is -0.140. The number of carbonyl (C=O) groups excluding carboxylic acids is 1. The minimum atomic E-state index is -0.509. The number of hydrogen-bond donors (Lipinski definition) is 2. The van der Waals surface area contributed by atoms with Crippen LogP contribution in [0.15, 0.2) is 0 Å². The van der Waals surface area contributed by atoms with Gasteiger partial charge in [0, 0.05) is 5.75 Å². The van der Waals surface area contributed by atoms with Gasteiger partial charge in [-0.2, -0.15) is 12.6 Å². The molecule has 0 rings (SSSR count). The fourth-order valence-corrected chi connectivity index (χ4v) is 0.694. The second kappa shape index (κ2) is 6.09. The number of hydrogen-bond acceptors (Lipinski definition) is 5. The highest BCUT2D eigenvalue weighted by atomic mass is 32.1. The van der Waals surface area contributed by atoms with E-state index in [9.17, 15) is 4.79 Å². The number of methoxy groups -OCH3 is 1. The predicted octanol–water partition coefficient (Wildman–Crippen LogP) is 0.121. The van der Waals surface area contributed by atoms with Gasteiger partial charge >= 0.3 is 13.5 Å². The maximum Gasteiger partial charge on any atom is 0.387 e. The molecule has 0 aromatic rings. The van der Waals surface area contributed by atoms with Crippen molar-refractivity contribution in [1.29, 1.82) is 5.41 Å². The van der Waals surface area contributed by atoms with Crippen LogP contribution in [0.3, 0.4) is 0 Å². The molecule has 0 amide bonds. The summed E-state index contributed by atoms with van der Waals surface area (Å²) >= 11 is 3.89. The van der Waals surface area contributed by atoms with E-state index in [1.165, 1.54) is 14.6 Å². The van der Waals surface area contributed by atoms with Gasteiger partial charge in [-0.3, -0.25) is 10.2 Å². The highest BCUT2D eigenvalue weighted by Gasteiger charge is 2.20. The zero-order valence-corrected chi connectivity index (χ0v) is 7.01. The van der Waals surface area contributed by atoms with Crippen LogP contribution in [0.4, 0.5) is 0 Å². The molecule has 1 atom stereocenters. The third-order valence-corrected chi connectivity index (χ3v) is 1.40. The van der Waals surface area contributed by atoms with Gasteiger partial charge < -0.3 is 9.39 Å². The molecule has 1 radical (unpaired) electrons. The smallest absolute Gasteiger partial charge is 0.387 e. The van der Waals surface area contributed by atoms with Crippen LogP contribution in [0.2, 0.25) is 5.82 Å². The molecule has 0 aromatic carbocycles. The van der Waals surface area contributed by atoms with E-state index in [1.54, 1.807) is 0 Å². The van der Waals surface area contributed by atoms with Crippen molar-refractivity contribution in [1.82, 2.24) is 0 Å². The molecular formula is C5H9BNO3S. The molecule has 61 valence electrons. The maximum absolute atomic E-state index is 10.8. The summed E-state index contributed by atoms with van der Waals surface area (Å²) in [5.41, 5.74) is 0. The Balaban J connectivity index is 3.74. The average molecular weight is 174 g/mol. The Labute approximate surface area is 71.5 Å². The van der Waals surface area contributed by atoms with Crippen molar-refractivity contribution >= 4 is 32.5 Å². The van der Waals surface area contributed by atoms with Crippen molar-refractivity contribution in [2.75, 3.05) is 12.9 Å². The minimum absolute atomic E-state index is 0.306. The molecule has 0 aliphatic carbocycles. The summed E-state index contributed by atoms with van der Waals surface area (Å²) in [6.45, 7) is 0. The number of esters is 1. The lowest BCUT2D eigenvalue weighted by Gasteiger charge is -2.07. The van der Waals surface area contributed by atoms with Gasteiger partial charge in [0.2, 0.25) is 0 Å². The zero-order chi connectivity index (χ0) is 8.69. The molecule has 0 unspecified atom stereocenters. The molecule has 0 bridgehead atoms. The molecule has 11 heavy (non-hydrogen) atoms. The zero-order valence-electron chi connectivity index (χ0n) is 6.11. The highest BCUT2D eigenvalue weighted by molar-refractivity contribution is 7.80. The van der Waals surface area contributed by atoms with E-state index in [4.69, 9.17) is 5.41 Å². The highest BCUT2D eigenvalue weighted by Crippen LogP contribution is 2.07. The van der Waals surface area contributed by atoms with Crippen LogP contribution in [0, 0.1) is 5.41 Å². The van der Waals surface area contributed by atoms with Gasteiger partial charge in [-0.25, -0.2) is 0 Å². The van der Waals surface area contributed by atoms with Crippen molar-refractivity contribution < 1.29 is 14.2 Å². The summed E-state index contributed by atoms with van der Waals surface area (Å²) in [5, 5.41) is 6.51. The molecule has 0 aromatic heterocycles. The molecule has 6 heteroatoms. The summed E-state index contributed by atoms with van der Waals surface area (Å²) in [4.78, 5) is 10.8. The lowest BCUT2D eigenvalue weighted by atomic mass is 9.82. The SMILES string of the molecule is COC(=O)[C@@H]([B]OC=N)CS. The molecule has 0 fully saturated rings. The second-order valence-electron chi connectivity index (χ2n) is 1.70. The third-order valence-electron chi connectivity index (χ3n) is 1.01. The number of nitrogens with one attached hydrogen (secondary N) is 1. The van der Waals surface area contributed by atoms with Crippen LogP contribution in [0.5, 0.6) is 0 Å². The van der Waals surface area contributed by atoms with Crippen molar-refractivity contribution in [2.24, 2.45) is 0 Å². The van der Waals surface area contributed by atoms with Gasteiger partial charge in [0.25, 0.3) is 0 Å². The van der Waals surface area contributed by atoms with Crippen LogP contribution in [-0.4, -0.2) is 32.7 Å². The molecule has 0 spiro atoms. The monoisotopic (exact) mass is 174 g/mol. The van der Waals surface area contributed by atoms with E-state index in [1.807, 2.05) is 0 Å². The largest absolute Gasteiger partial charge is 0.555 e. The Morgan fingerprint density at radius 3 is 2.91 bits per heavy atom. The van der Waals surface area contributed by atoms with Gasteiger partial charge in [0.15, 0.2) is 0 Å². The van der Waals surface area contributed by atoms with Gasteiger partial charge in [-0.15, -0.1) is 0 Å². The molecule has 4 nitrogen and oxygen atoms in total. The number of carbonyl (C=O) groups is 1. The van der Waals surface area contributed by atoms with Crippen LogP contribution in [-0.2, 0) is 14.2 Å². The summed E-state index contributed by atoms with van der Waals surface area (Å²) in [6.07, 6.45) is 0.735. The van der Waals surface area contributed by atoms with Crippen LogP contribution >= 0.6 is 12.6 Å². The molecule has 0 saturated heterocycles. The molecule has 0 heterocycles. The van der Waals surface area contributed by atoms with E-state index in [-0.39, 0.29) is 0 Å². The van der Waals surface area contributed by atoms with Crippen molar-refractivity contribution in [3.8, 4) is 0 Å². The predicted molar refractivity (Wildman–Crippen MR) is 45.2 cm³/mol. The standard InChI is InChI=1S/C5H9BNO3S/c1-9-5(8)4(2-11)6-10-3-7/h3-4,7,11H,2H2,1H3/t4-/m0/s1. The maximum atomic E-state index is 10.8. The average Bonchev–Trinajstić information content (AvgIpc) is 2.05. The molecule has 1 N–H and O–H groups in total. The fourth-order valence-electron chi connectivity index (χ4n) is 0.459. The lowest BCUT2D eigenvalue weighted by Crippen LogP contribution is -2.20. The van der Waals surface area contributed by atoms with Crippen LogP contribution in [0.1, 0.15) is 0 Å². The Kier molecular flexibility index (Phi) is 5.73. The molecule has 0 aliphatic rings. The first-order chi connectivity index (χ1) is 5.26. The van der Waals surface area contributed by atoms with Crippen molar-refractivity contribution in [2.45, 2.75) is 5.82 Å². The van der Waals surface area contributed by atoms with Gasteiger partial charge in [0.1, 0.15) is 6.40 Å². The van der Waals surface area contributed by atoms with Crippen molar-refractivity contribution in [3.05, 3.63) is 0 Å². The first kappa shape index (κ1) is 10.4. The van der Waals surface area contributed by atoms with E-state index in [0.717, 1.165) is 6.40 Å². The Morgan fingerprint density at radius 2 is 2.55 bits per heavy atom. The van der Waals surface area contributed by atoms with Crippen molar-refractivity contribution in [3.63, 3.8) is 0 Å². The summed E-state index contributed by atoms with van der Waals surface area (Å²) in [7, 11) is 2.50. The van der Waals surface area contributed by atoms with Gasteiger partial charge in [-0.1, -0.05) is 0 Å². The Morgan fingerprint density at radius 1 is 1.91 bits per heavy atom. The van der Waals surface area contributed by atoms with Gasteiger partial charge in [0.05, 0.1) is 12.9 Å². The first-order valence-corrected chi connectivity index (χ1v) is 3.56. The Hall–Kier alpha value is -0.645. The number of rotatable bonds is 5. The van der Waals surface area contributed by atoms with Gasteiger partial charge in [-0.05, 0) is 0 Å². The summed E-state index contributed by atoms with van der Waals surface area (Å²) < 4.78 is 8.90. The fraction of sp³-hybridized carbons (Fsp3) is 0.600. The second-order valence-corrected chi connectivity index (χ2v) is 2.07. The van der Waals surface area contributed by atoms with E-state index >= 15 is 0 Å². The van der Waals surface area contributed by atoms with E-state index in [2.05, 4.69) is 22.0 Å². The van der Waals surface area contributed by atoms with E-state index in [0.29, 0.717) is 5.75 Å². The molecule has 0 saturated carbocycles. The summed E-state index contributed by atoms with van der Waals surface area (Å²) in [6, 6.07) is 0. The van der Waals surface area contributed by atoms with E-state index < -0.39 is 11.8 Å². The van der Waals surface area contributed by atoms with Crippen LogP contribution < -0.4 is 0 Å². The minimum Gasteiger partial charge on any atom is -0.555 e. The number of ether oxygens (including phenoxy) is 1. The van der Waals surface area contributed by atoms with Crippen LogP contribution in [0.25, 0.3) is 0 Å². The molecule has 0 aliphatic heterocycles. The summed E-state index contributed by atoms with van der Waals surface area (Å²) in [5.74, 6) is -0.618. The first-order valence-electron chi connectivity index (χ1n) is 2.92. The Bertz CT molecular complexity index is 144. The quantitative estimate of drug-likeness (QED) is 0.204. The third kappa shape index (κ3) is 3.92. The molecular weight excluding hydrogens is 165 g/mol. The topological polar surface area (TPSA) is 59.4 Å². The number of thiol groups is 1. The normalized spacial score (nSPS) is 11.5.